The number of aliphatic hydroxyl groups excluding tert-OH is 4. The molecule has 3 atom stereocenters. The molecule has 0 unspecified atom stereocenters. The van der Waals surface area contributed by atoms with Gasteiger partial charge in [-0.15, -0.1) is 0 Å². The summed E-state index contributed by atoms with van der Waals surface area (Å²) in [6.45, 7) is 9.53. The van der Waals surface area contributed by atoms with Gasteiger partial charge in [-0.3, -0.25) is 4.79 Å². The van der Waals surface area contributed by atoms with E-state index in [2.05, 4.69) is 32.9 Å². The molecule has 0 saturated heterocycles. The van der Waals surface area contributed by atoms with Crippen LogP contribution >= 0.6 is 0 Å². The molecule has 7 nitrogen and oxygen atoms in total. The molecule has 33 heavy (non-hydrogen) atoms. The number of ether oxygens (including phenoxy) is 1. The zero-order chi connectivity index (χ0) is 25.2. The maximum Gasteiger partial charge on any atom is 0.377 e. The Labute approximate surface area is 196 Å². The summed E-state index contributed by atoms with van der Waals surface area (Å²) in [7, 11) is 0. The van der Waals surface area contributed by atoms with Crippen molar-refractivity contribution in [3.05, 3.63) is 58.7 Å². The quantitative estimate of drug-likeness (QED) is 0.211. The fourth-order valence-electron chi connectivity index (χ4n) is 3.61. The number of allylic oxidation sites excluding steroid dienone is 9. The van der Waals surface area contributed by atoms with E-state index in [9.17, 15) is 24.9 Å². The van der Waals surface area contributed by atoms with Crippen LogP contribution in [0.1, 0.15) is 53.9 Å². The molecule has 0 aromatic carbocycles. The molecule has 1 rings (SSSR count). The predicted octanol–water partition coefficient (Wildman–Crippen LogP) is 2.71. The van der Waals surface area contributed by atoms with Gasteiger partial charge in [0.1, 0.15) is 18.8 Å². The number of carbonyl (C=O) groups excluding carboxylic acids is 2. The van der Waals surface area contributed by atoms with E-state index >= 15 is 0 Å². The SMILES string of the molecule is CC(C=CC1=C(C)CCCC1(C)C)=CC=CC(C)=CCOC(=O)C(=O)[C@@H](O)[C@H](O)[C@@H](O)CO. The van der Waals surface area contributed by atoms with Crippen LogP contribution in [0.4, 0.5) is 0 Å². The first-order valence-corrected chi connectivity index (χ1v) is 11.2. The minimum Gasteiger partial charge on any atom is -0.456 e. The molecule has 1 aliphatic carbocycles. The topological polar surface area (TPSA) is 124 Å². The Hall–Kier alpha value is -2.32. The van der Waals surface area contributed by atoms with Crippen molar-refractivity contribution in [1.29, 1.82) is 0 Å². The van der Waals surface area contributed by atoms with Crippen LogP contribution in [0.15, 0.2) is 58.7 Å². The molecule has 0 aromatic rings. The lowest BCUT2D eigenvalue weighted by Crippen LogP contribution is -2.46. The van der Waals surface area contributed by atoms with E-state index in [0.717, 1.165) is 17.6 Å². The first-order chi connectivity index (χ1) is 15.4. The number of esters is 1. The number of rotatable bonds is 11. The van der Waals surface area contributed by atoms with Gasteiger partial charge >= 0.3 is 5.97 Å². The van der Waals surface area contributed by atoms with Gasteiger partial charge in [0, 0.05) is 0 Å². The Balaban J connectivity index is 2.60. The van der Waals surface area contributed by atoms with E-state index < -0.39 is 36.7 Å². The summed E-state index contributed by atoms with van der Waals surface area (Å²) >= 11 is 0. The molecule has 0 fully saturated rings. The number of carbonyl (C=O) groups is 2. The van der Waals surface area contributed by atoms with Gasteiger partial charge in [0.05, 0.1) is 6.61 Å². The summed E-state index contributed by atoms with van der Waals surface area (Å²) in [5.41, 5.74) is 4.94. The standard InChI is InChI=1S/C26H38O7/c1-17(11-12-20-19(3)10-7-14-26(20,4)5)8-6-9-18(2)13-15-33-25(32)24(31)23(30)22(29)21(28)16-27/h6,8-9,11-13,21-23,27-30H,7,10,14-16H2,1-5H3/t21-,22+,23-/m0/s1. The van der Waals surface area contributed by atoms with Crippen LogP contribution in [0, 0.1) is 5.41 Å². The van der Waals surface area contributed by atoms with Crippen LogP contribution in [-0.2, 0) is 14.3 Å². The molecular formula is C26H38O7. The maximum absolute atomic E-state index is 11.7. The highest BCUT2D eigenvalue weighted by molar-refractivity contribution is 6.35. The first-order valence-electron chi connectivity index (χ1n) is 11.2. The second-order valence-electron chi connectivity index (χ2n) is 9.13. The highest BCUT2D eigenvalue weighted by Crippen LogP contribution is 2.40. The minimum atomic E-state index is -2.18. The molecule has 0 aromatic heterocycles. The Bertz CT molecular complexity index is 843. The monoisotopic (exact) mass is 462 g/mol. The van der Waals surface area contributed by atoms with Crippen molar-refractivity contribution in [3.63, 3.8) is 0 Å². The molecule has 0 radical (unpaired) electrons. The van der Waals surface area contributed by atoms with Gasteiger partial charge < -0.3 is 25.2 Å². The Morgan fingerprint density at radius 3 is 2.39 bits per heavy atom. The van der Waals surface area contributed by atoms with Gasteiger partial charge in [-0.05, 0) is 57.1 Å². The molecule has 0 spiro atoms. The molecule has 1 aliphatic rings. The Morgan fingerprint density at radius 2 is 1.79 bits per heavy atom. The molecule has 0 saturated carbocycles. The second kappa shape index (κ2) is 13.4. The minimum absolute atomic E-state index is 0.194. The largest absolute Gasteiger partial charge is 0.456 e. The van der Waals surface area contributed by atoms with Crippen molar-refractivity contribution in [3.8, 4) is 0 Å². The fourth-order valence-corrected chi connectivity index (χ4v) is 3.61. The van der Waals surface area contributed by atoms with Gasteiger partial charge in [-0.2, -0.15) is 0 Å². The molecule has 0 amide bonds. The Kier molecular flexibility index (Phi) is 11.7. The van der Waals surface area contributed by atoms with E-state index in [1.807, 2.05) is 25.2 Å². The normalized spacial score (nSPS) is 20.3. The van der Waals surface area contributed by atoms with Crippen molar-refractivity contribution < 1.29 is 34.8 Å². The molecule has 0 heterocycles. The summed E-state index contributed by atoms with van der Waals surface area (Å²) in [4.78, 5) is 23.4. The third-order valence-corrected chi connectivity index (χ3v) is 5.77. The van der Waals surface area contributed by atoms with Gasteiger partial charge in [0.15, 0.2) is 6.10 Å². The van der Waals surface area contributed by atoms with Gasteiger partial charge in [0.25, 0.3) is 5.78 Å². The number of aliphatic hydroxyl groups is 4. The maximum atomic E-state index is 11.7. The van der Waals surface area contributed by atoms with Crippen LogP contribution < -0.4 is 0 Å². The molecular weight excluding hydrogens is 424 g/mol. The number of ketones is 1. The zero-order valence-corrected chi connectivity index (χ0v) is 20.2. The van der Waals surface area contributed by atoms with Crippen LogP contribution in [0.5, 0.6) is 0 Å². The lowest BCUT2D eigenvalue weighted by Gasteiger charge is -2.32. The van der Waals surface area contributed by atoms with E-state index in [1.165, 1.54) is 24.0 Å². The second-order valence-corrected chi connectivity index (χ2v) is 9.13. The summed E-state index contributed by atoms with van der Waals surface area (Å²) in [5, 5.41) is 37.1. The summed E-state index contributed by atoms with van der Waals surface area (Å²) in [5.74, 6) is -2.73. The van der Waals surface area contributed by atoms with Crippen molar-refractivity contribution in [2.75, 3.05) is 13.2 Å². The molecule has 0 aliphatic heterocycles. The Morgan fingerprint density at radius 1 is 1.12 bits per heavy atom. The lowest BCUT2D eigenvalue weighted by atomic mass is 9.72. The van der Waals surface area contributed by atoms with Crippen LogP contribution in [0.3, 0.4) is 0 Å². The van der Waals surface area contributed by atoms with Crippen LogP contribution in [0.25, 0.3) is 0 Å². The predicted molar refractivity (Wildman–Crippen MR) is 127 cm³/mol. The lowest BCUT2D eigenvalue weighted by molar-refractivity contribution is -0.162. The fraction of sp³-hybridized carbons (Fsp3) is 0.538. The van der Waals surface area contributed by atoms with Gasteiger partial charge in [-0.1, -0.05) is 60.9 Å². The van der Waals surface area contributed by atoms with Crippen molar-refractivity contribution in [2.24, 2.45) is 5.41 Å². The van der Waals surface area contributed by atoms with Crippen molar-refractivity contribution >= 4 is 11.8 Å². The average molecular weight is 463 g/mol. The number of Topliss-reactive ketones (excluding diaryl/α,β-unsaturated/α-hetero) is 1. The third-order valence-electron chi connectivity index (χ3n) is 5.77. The summed E-state index contributed by atoms with van der Waals surface area (Å²) in [6.07, 6.45) is 9.25. The van der Waals surface area contributed by atoms with E-state index in [-0.39, 0.29) is 12.0 Å². The molecule has 7 heteroatoms. The molecule has 0 bridgehead atoms. The van der Waals surface area contributed by atoms with E-state index in [0.29, 0.717) is 0 Å². The highest BCUT2D eigenvalue weighted by Gasteiger charge is 2.34. The van der Waals surface area contributed by atoms with Crippen LogP contribution in [0.2, 0.25) is 0 Å². The third kappa shape index (κ3) is 9.21. The highest BCUT2D eigenvalue weighted by atomic mass is 16.5. The van der Waals surface area contributed by atoms with E-state index in [1.54, 1.807) is 13.0 Å². The summed E-state index contributed by atoms with van der Waals surface area (Å²) < 4.78 is 4.78. The van der Waals surface area contributed by atoms with Gasteiger partial charge in [-0.25, -0.2) is 4.79 Å². The number of hydrogen-bond acceptors (Lipinski definition) is 7. The summed E-state index contributed by atoms with van der Waals surface area (Å²) in [6, 6.07) is 0. The number of hydrogen-bond donors (Lipinski definition) is 4. The van der Waals surface area contributed by atoms with E-state index in [4.69, 9.17) is 9.84 Å². The van der Waals surface area contributed by atoms with Crippen LogP contribution in [-0.4, -0.2) is 63.7 Å². The van der Waals surface area contributed by atoms with Crippen molar-refractivity contribution in [2.45, 2.75) is 72.2 Å². The smallest absolute Gasteiger partial charge is 0.377 e. The average Bonchev–Trinajstić information content (AvgIpc) is 2.76. The zero-order valence-electron chi connectivity index (χ0n) is 20.2. The van der Waals surface area contributed by atoms with Crippen molar-refractivity contribution in [1.82, 2.24) is 0 Å². The first kappa shape index (κ1) is 28.7. The van der Waals surface area contributed by atoms with Gasteiger partial charge in [0.2, 0.25) is 0 Å². The molecule has 4 N–H and O–H groups in total. The molecule has 184 valence electrons.